The summed E-state index contributed by atoms with van der Waals surface area (Å²) in [6.07, 6.45) is 3.83. The smallest absolute Gasteiger partial charge is 0.164 e. The Kier molecular flexibility index (Phi) is 7.51. The van der Waals surface area contributed by atoms with E-state index in [1.807, 2.05) is 12.1 Å². The number of hydrogen-bond acceptors (Lipinski definition) is 6. The molecule has 5 aromatic rings. The molecule has 1 aliphatic heterocycles. The van der Waals surface area contributed by atoms with Crippen molar-refractivity contribution in [3.63, 3.8) is 0 Å². The lowest BCUT2D eigenvalue weighted by Gasteiger charge is -2.16. The van der Waals surface area contributed by atoms with Gasteiger partial charge >= 0.3 is 0 Å². The van der Waals surface area contributed by atoms with Crippen LogP contribution in [0.4, 0.5) is 11.6 Å². The summed E-state index contributed by atoms with van der Waals surface area (Å²) in [5, 5.41) is 3.60. The van der Waals surface area contributed by atoms with Crippen molar-refractivity contribution in [1.29, 1.82) is 0 Å². The monoisotopic (exact) mass is 619 g/mol. The zero-order valence-electron chi connectivity index (χ0n) is 27.2. The van der Waals surface area contributed by atoms with Gasteiger partial charge in [0.15, 0.2) is 11.7 Å². The van der Waals surface area contributed by atoms with Gasteiger partial charge in [-0.15, -0.1) is 0 Å². The molecular formula is C40H37N5O2. The number of anilines is 1. The Hall–Kier alpha value is -4.98. The number of rotatable bonds is 6. The van der Waals surface area contributed by atoms with Crippen LogP contribution in [0, 0.1) is 13.8 Å². The molecule has 3 aliphatic rings. The van der Waals surface area contributed by atoms with E-state index in [0.29, 0.717) is 17.5 Å². The van der Waals surface area contributed by atoms with Crippen molar-refractivity contribution in [3.8, 4) is 22.3 Å². The van der Waals surface area contributed by atoms with E-state index in [0.717, 1.165) is 76.3 Å². The number of fused-ring (bicyclic) bond motifs is 3. The fourth-order valence-electron chi connectivity index (χ4n) is 7.35. The van der Waals surface area contributed by atoms with Gasteiger partial charge in [-0.2, -0.15) is 0 Å². The van der Waals surface area contributed by atoms with Crippen molar-refractivity contribution >= 4 is 23.3 Å². The molecule has 234 valence electrons. The highest BCUT2D eigenvalue weighted by Gasteiger charge is 2.30. The first kappa shape index (κ1) is 29.4. The van der Waals surface area contributed by atoms with E-state index in [1.54, 1.807) is 14.2 Å². The molecule has 0 unspecified atom stereocenters. The largest absolute Gasteiger partial charge is 0.375 e. The summed E-state index contributed by atoms with van der Waals surface area (Å²) in [4.78, 5) is 20.3. The van der Waals surface area contributed by atoms with Gasteiger partial charge in [0.2, 0.25) is 0 Å². The third-order valence-electron chi connectivity index (χ3n) is 9.75. The standard InChI is InChI=1S/C40H37N5O2/c1-23-19-35(41-37-27(23)15-17-33(37)46-3)43-39-31-21-29(25-11-7-5-8-12-25)30(26-13-9-6-10-14-26)22-32(31)40(45-39)44-36-20-24(2)28-16-18-34(47-4)38(28)42-36/h5-14,19-22,33-34H,15-18H2,1-4H3,(H,41,42,43,44,45)/t33-,34-/m0/s1. The Labute approximate surface area is 275 Å². The second kappa shape index (κ2) is 12.0. The number of aryl methyl sites for hydroxylation is 2. The van der Waals surface area contributed by atoms with E-state index in [2.05, 4.69) is 92.0 Å². The molecule has 7 heteroatoms. The molecule has 47 heavy (non-hydrogen) atoms. The summed E-state index contributed by atoms with van der Waals surface area (Å²) in [6.45, 7) is 4.28. The van der Waals surface area contributed by atoms with Crippen LogP contribution in [-0.4, -0.2) is 35.9 Å². The SMILES string of the molecule is CO[C@H]1CCc2c(C)cc(N=C3N=C(Nc4cc(C)c5c(n4)[C@@H](OC)CC5)c4cc(-c5ccccc5)c(-c5ccccc5)cc43)nc21. The minimum absolute atomic E-state index is 0.00328. The van der Waals surface area contributed by atoms with Crippen molar-refractivity contribution in [2.45, 2.75) is 51.7 Å². The minimum atomic E-state index is -0.0105. The molecule has 8 rings (SSSR count). The average Bonchev–Trinajstić information content (AvgIpc) is 3.80. The minimum Gasteiger partial charge on any atom is -0.375 e. The molecule has 0 amide bonds. The Balaban J connectivity index is 1.30. The van der Waals surface area contributed by atoms with Crippen molar-refractivity contribution < 1.29 is 9.47 Å². The number of nitrogens with one attached hydrogen (secondary N) is 1. The van der Waals surface area contributed by atoms with E-state index in [1.165, 1.54) is 22.3 Å². The van der Waals surface area contributed by atoms with Gasteiger partial charge in [0.25, 0.3) is 0 Å². The lowest BCUT2D eigenvalue weighted by atomic mass is 9.90. The molecule has 0 bridgehead atoms. The Morgan fingerprint density at radius 3 is 1.81 bits per heavy atom. The first-order valence-corrected chi connectivity index (χ1v) is 16.3. The molecule has 2 atom stereocenters. The Morgan fingerprint density at radius 1 is 0.660 bits per heavy atom. The number of amidine groups is 2. The van der Waals surface area contributed by atoms with Gasteiger partial charge in [0.05, 0.1) is 23.6 Å². The van der Waals surface area contributed by atoms with Gasteiger partial charge < -0.3 is 14.8 Å². The van der Waals surface area contributed by atoms with Crippen molar-refractivity contribution in [2.75, 3.05) is 19.5 Å². The van der Waals surface area contributed by atoms with Crippen LogP contribution in [0.3, 0.4) is 0 Å². The second-order valence-corrected chi connectivity index (χ2v) is 12.6. The molecule has 0 fully saturated rings. The van der Waals surface area contributed by atoms with Crippen LogP contribution in [0.15, 0.2) is 94.9 Å². The number of methoxy groups -OCH3 is 2. The molecule has 2 aromatic heterocycles. The average molecular weight is 620 g/mol. The van der Waals surface area contributed by atoms with Crippen LogP contribution in [0.25, 0.3) is 22.3 Å². The first-order valence-electron chi connectivity index (χ1n) is 16.3. The van der Waals surface area contributed by atoms with Gasteiger partial charge in [0, 0.05) is 25.3 Å². The van der Waals surface area contributed by atoms with Gasteiger partial charge in [-0.1, -0.05) is 60.7 Å². The number of hydrogen-bond donors (Lipinski definition) is 1. The highest BCUT2D eigenvalue weighted by Crippen LogP contribution is 2.40. The fourth-order valence-corrected chi connectivity index (χ4v) is 7.35. The summed E-state index contributed by atoms with van der Waals surface area (Å²) in [5.74, 6) is 2.71. The predicted octanol–water partition coefficient (Wildman–Crippen LogP) is 8.65. The lowest BCUT2D eigenvalue weighted by molar-refractivity contribution is 0.102. The number of aliphatic imine (C=N–C) groups is 2. The molecular weight excluding hydrogens is 582 g/mol. The fraction of sp³-hybridized carbons (Fsp3) is 0.250. The summed E-state index contributed by atoms with van der Waals surface area (Å²) in [7, 11) is 3.51. The molecule has 0 saturated heterocycles. The summed E-state index contributed by atoms with van der Waals surface area (Å²) < 4.78 is 11.5. The van der Waals surface area contributed by atoms with E-state index >= 15 is 0 Å². The Morgan fingerprint density at radius 2 is 1.21 bits per heavy atom. The first-order chi connectivity index (χ1) is 23.0. The van der Waals surface area contributed by atoms with Gasteiger partial charge in [-0.05, 0) is 108 Å². The molecule has 1 N–H and O–H groups in total. The summed E-state index contributed by atoms with van der Waals surface area (Å²) in [5.41, 5.74) is 13.4. The third kappa shape index (κ3) is 5.25. The highest BCUT2D eigenvalue weighted by molar-refractivity contribution is 6.27. The van der Waals surface area contributed by atoms with E-state index in [9.17, 15) is 0 Å². The van der Waals surface area contributed by atoms with Crippen molar-refractivity contribution in [2.24, 2.45) is 9.98 Å². The normalized spacial score (nSPS) is 18.6. The zero-order chi connectivity index (χ0) is 32.1. The molecule has 0 spiro atoms. The number of ether oxygens (including phenoxy) is 2. The second-order valence-electron chi connectivity index (χ2n) is 12.6. The molecule has 2 aliphatic carbocycles. The predicted molar refractivity (Wildman–Crippen MR) is 188 cm³/mol. The van der Waals surface area contributed by atoms with Crippen molar-refractivity contribution in [1.82, 2.24) is 9.97 Å². The van der Waals surface area contributed by atoms with E-state index in [4.69, 9.17) is 29.4 Å². The summed E-state index contributed by atoms with van der Waals surface area (Å²) >= 11 is 0. The zero-order valence-corrected chi connectivity index (χ0v) is 27.2. The van der Waals surface area contributed by atoms with Crippen LogP contribution < -0.4 is 5.32 Å². The van der Waals surface area contributed by atoms with E-state index in [-0.39, 0.29) is 12.2 Å². The van der Waals surface area contributed by atoms with Crippen LogP contribution in [0.1, 0.15) is 69.8 Å². The maximum atomic E-state index is 5.78. The molecule has 3 aromatic carbocycles. The molecule has 0 radical (unpaired) electrons. The highest BCUT2D eigenvalue weighted by atomic mass is 16.5. The number of aromatic nitrogens is 2. The van der Waals surface area contributed by atoms with Crippen molar-refractivity contribution in [3.05, 3.63) is 130 Å². The van der Waals surface area contributed by atoms with Crippen LogP contribution in [0.5, 0.6) is 0 Å². The maximum Gasteiger partial charge on any atom is 0.164 e. The van der Waals surface area contributed by atoms with E-state index < -0.39 is 0 Å². The quantitative estimate of drug-likeness (QED) is 0.206. The molecule has 3 heterocycles. The Bertz CT molecular complexity index is 2070. The van der Waals surface area contributed by atoms with Gasteiger partial charge in [-0.25, -0.2) is 20.0 Å². The lowest BCUT2D eigenvalue weighted by Crippen LogP contribution is -2.14. The molecule has 7 nitrogen and oxygen atoms in total. The number of nitrogens with zero attached hydrogens (tertiary/aromatic N) is 4. The van der Waals surface area contributed by atoms with Gasteiger partial charge in [0.1, 0.15) is 11.7 Å². The van der Waals surface area contributed by atoms with Gasteiger partial charge in [-0.3, -0.25) is 0 Å². The summed E-state index contributed by atoms with van der Waals surface area (Å²) in [6, 6.07) is 29.7. The van der Waals surface area contributed by atoms with Crippen LogP contribution >= 0.6 is 0 Å². The topological polar surface area (TPSA) is 81.0 Å². The number of benzene rings is 3. The maximum absolute atomic E-state index is 5.78. The molecule has 0 saturated carbocycles. The van der Waals surface area contributed by atoms with Crippen LogP contribution in [0.2, 0.25) is 0 Å². The van der Waals surface area contributed by atoms with Crippen LogP contribution in [-0.2, 0) is 22.3 Å². The third-order valence-corrected chi connectivity index (χ3v) is 9.75. The number of pyridine rings is 2.